The lowest BCUT2D eigenvalue weighted by atomic mass is 10.1. The van der Waals surface area contributed by atoms with Gasteiger partial charge in [-0.1, -0.05) is 12.5 Å². The summed E-state index contributed by atoms with van der Waals surface area (Å²) < 4.78 is 0. The fourth-order valence-electron chi connectivity index (χ4n) is 2.90. The predicted octanol–water partition coefficient (Wildman–Crippen LogP) is 2.92. The van der Waals surface area contributed by atoms with Crippen LogP contribution in [0, 0.1) is 10.1 Å². The molecule has 6 nitrogen and oxygen atoms in total. The maximum absolute atomic E-state index is 11.3. The first-order valence-electron chi connectivity index (χ1n) is 7.56. The molecule has 0 amide bonds. The van der Waals surface area contributed by atoms with Crippen LogP contribution in [0.3, 0.4) is 0 Å². The highest BCUT2D eigenvalue weighted by molar-refractivity contribution is 5.76. The number of rotatable bonds is 6. The van der Waals surface area contributed by atoms with Gasteiger partial charge in [0, 0.05) is 19.6 Å². The van der Waals surface area contributed by atoms with Crippen LogP contribution >= 0.6 is 0 Å². The molecule has 2 rings (SSSR count). The van der Waals surface area contributed by atoms with Crippen LogP contribution in [0.5, 0.6) is 0 Å². The average Bonchev–Trinajstić information content (AvgIpc) is 2.47. The van der Waals surface area contributed by atoms with Crippen molar-refractivity contribution >= 4 is 17.1 Å². The van der Waals surface area contributed by atoms with Gasteiger partial charge in [0.25, 0.3) is 0 Å². The van der Waals surface area contributed by atoms with Gasteiger partial charge in [0.1, 0.15) is 11.4 Å². The molecule has 0 aliphatic carbocycles. The van der Waals surface area contributed by atoms with Gasteiger partial charge in [-0.25, -0.2) is 0 Å². The summed E-state index contributed by atoms with van der Waals surface area (Å²) in [6.45, 7) is 5.25. The smallest absolute Gasteiger partial charge is 0.315 e. The first-order valence-corrected chi connectivity index (χ1v) is 7.56. The van der Waals surface area contributed by atoms with E-state index in [-0.39, 0.29) is 16.7 Å². The van der Waals surface area contributed by atoms with E-state index in [2.05, 4.69) is 22.5 Å². The van der Waals surface area contributed by atoms with Crippen molar-refractivity contribution in [3.63, 3.8) is 0 Å². The van der Waals surface area contributed by atoms with E-state index in [1.807, 2.05) is 6.07 Å². The minimum atomic E-state index is -0.332. The molecule has 0 spiro atoms. The standard InChI is InChI=1S/C15H24N4O2/c1-12(11-18-9-4-3-5-10-18)17-14-8-6-7-13(16-2)15(14)19(20)21/h6-8,12,16-17H,3-5,9-11H2,1-2H3. The predicted molar refractivity (Wildman–Crippen MR) is 86.0 cm³/mol. The molecule has 0 bridgehead atoms. The topological polar surface area (TPSA) is 70.4 Å². The Morgan fingerprint density at radius 2 is 1.95 bits per heavy atom. The zero-order valence-corrected chi connectivity index (χ0v) is 12.8. The summed E-state index contributed by atoms with van der Waals surface area (Å²) in [5, 5.41) is 17.5. The van der Waals surface area contributed by atoms with E-state index in [9.17, 15) is 10.1 Å². The number of nitrogens with one attached hydrogen (secondary N) is 2. The third-order valence-electron chi connectivity index (χ3n) is 3.87. The van der Waals surface area contributed by atoms with Crippen molar-refractivity contribution in [2.45, 2.75) is 32.2 Å². The number of hydrogen-bond donors (Lipinski definition) is 2. The number of anilines is 2. The molecule has 1 unspecified atom stereocenters. The molecule has 6 heteroatoms. The van der Waals surface area contributed by atoms with Crippen LogP contribution in [-0.4, -0.2) is 42.5 Å². The number of hydrogen-bond acceptors (Lipinski definition) is 5. The van der Waals surface area contributed by atoms with E-state index in [0.29, 0.717) is 11.4 Å². The van der Waals surface area contributed by atoms with E-state index in [1.165, 1.54) is 19.3 Å². The van der Waals surface area contributed by atoms with Gasteiger partial charge in [0.15, 0.2) is 0 Å². The molecule has 116 valence electrons. The van der Waals surface area contributed by atoms with Crippen molar-refractivity contribution in [3.05, 3.63) is 28.3 Å². The van der Waals surface area contributed by atoms with Crippen LogP contribution < -0.4 is 10.6 Å². The number of benzene rings is 1. The molecule has 1 aromatic rings. The molecular weight excluding hydrogens is 268 g/mol. The molecule has 1 aromatic carbocycles. The maximum Gasteiger partial charge on any atom is 0.315 e. The van der Waals surface area contributed by atoms with Crippen molar-refractivity contribution in [2.24, 2.45) is 0 Å². The Bertz CT molecular complexity index is 487. The normalized spacial score (nSPS) is 17.2. The second-order valence-corrected chi connectivity index (χ2v) is 5.62. The summed E-state index contributed by atoms with van der Waals surface area (Å²) in [5.74, 6) is 0. The van der Waals surface area contributed by atoms with E-state index < -0.39 is 0 Å². The van der Waals surface area contributed by atoms with Crippen molar-refractivity contribution in [1.82, 2.24) is 4.90 Å². The minimum Gasteiger partial charge on any atom is -0.382 e. The molecule has 1 aliphatic rings. The maximum atomic E-state index is 11.3. The third-order valence-corrected chi connectivity index (χ3v) is 3.87. The Morgan fingerprint density at radius 3 is 2.57 bits per heavy atom. The molecule has 2 N–H and O–H groups in total. The highest BCUT2D eigenvalue weighted by atomic mass is 16.6. The summed E-state index contributed by atoms with van der Waals surface area (Å²) in [7, 11) is 1.70. The van der Waals surface area contributed by atoms with E-state index in [4.69, 9.17) is 0 Å². The lowest BCUT2D eigenvalue weighted by Crippen LogP contribution is -2.38. The van der Waals surface area contributed by atoms with Crippen LogP contribution in [0.4, 0.5) is 17.1 Å². The van der Waals surface area contributed by atoms with Gasteiger partial charge in [-0.05, 0) is 45.0 Å². The quantitative estimate of drug-likeness (QED) is 0.623. The highest BCUT2D eigenvalue weighted by Crippen LogP contribution is 2.32. The summed E-state index contributed by atoms with van der Waals surface area (Å²) in [5.41, 5.74) is 1.23. The molecule has 0 radical (unpaired) electrons. The van der Waals surface area contributed by atoms with E-state index in [1.54, 1.807) is 19.2 Å². The number of nitro groups is 1. The minimum absolute atomic E-state index is 0.116. The average molecular weight is 292 g/mol. The molecule has 1 fully saturated rings. The van der Waals surface area contributed by atoms with Gasteiger partial charge in [-0.15, -0.1) is 0 Å². The Kier molecular flexibility index (Phi) is 5.38. The van der Waals surface area contributed by atoms with Crippen LogP contribution in [0.2, 0.25) is 0 Å². The van der Waals surface area contributed by atoms with E-state index in [0.717, 1.165) is 19.6 Å². The van der Waals surface area contributed by atoms with Crippen LogP contribution in [-0.2, 0) is 0 Å². The molecule has 0 saturated carbocycles. The molecule has 1 saturated heterocycles. The fourth-order valence-corrected chi connectivity index (χ4v) is 2.90. The van der Waals surface area contributed by atoms with Crippen molar-refractivity contribution in [3.8, 4) is 0 Å². The van der Waals surface area contributed by atoms with Gasteiger partial charge in [-0.3, -0.25) is 10.1 Å². The summed E-state index contributed by atoms with van der Waals surface area (Å²) >= 11 is 0. The first-order chi connectivity index (χ1) is 10.1. The Hall–Kier alpha value is -1.82. The summed E-state index contributed by atoms with van der Waals surface area (Å²) in [6, 6.07) is 5.49. The van der Waals surface area contributed by atoms with Crippen molar-refractivity contribution < 1.29 is 4.92 Å². The van der Waals surface area contributed by atoms with Gasteiger partial charge >= 0.3 is 5.69 Å². The Morgan fingerprint density at radius 1 is 1.29 bits per heavy atom. The summed E-state index contributed by atoms with van der Waals surface area (Å²) in [6.07, 6.45) is 3.82. The number of likely N-dealkylation sites (tertiary alicyclic amines) is 1. The third kappa shape index (κ3) is 4.07. The molecule has 1 heterocycles. The first kappa shape index (κ1) is 15.6. The molecule has 1 atom stereocenters. The Balaban J connectivity index is 2.05. The van der Waals surface area contributed by atoms with Gasteiger partial charge in [0.2, 0.25) is 0 Å². The lowest BCUT2D eigenvalue weighted by molar-refractivity contribution is -0.383. The van der Waals surface area contributed by atoms with Crippen LogP contribution in [0.15, 0.2) is 18.2 Å². The highest BCUT2D eigenvalue weighted by Gasteiger charge is 2.21. The van der Waals surface area contributed by atoms with Gasteiger partial charge in [-0.2, -0.15) is 0 Å². The van der Waals surface area contributed by atoms with Gasteiger partial charge < -0.3 is 15.5 Å². The van der Waals surface area contributed by atoms with Crippen molar-refractivity contribution in [2.75, 3.05) is 37.3 Å². The monoisotopic (exact) mass is 292 g/mol. The SMILES string of the molecule is CNc1cccc(NC(C)CN2CCCCC2)c1[N+](=O)[O-]. The number of nitro benzene ring substituents is 1. The van der Waals surface area contributed by atoms with Gasteiger partial charge in [0.05, 0.1) is 4.92 Å². The molecule has 0 aromatic heterocycles. The van der Waals surface area contributed by atoms with Crippen LogP contribution in [0.25, 0.3) is 0 Å². The molecular formula is C15H24N4O2. The Labute approximate surface area is 125 Å². The zero-order valence-electron chi connectivity index (χ0n) is 12.8. The van der Waals surface area contributed by atoms with Crippen molar-refractivity contribution in [1.29, 1.82) is 0 Å². The number of piperidine rings is 1. The largest absolute Gasteiger partial charge is 0.382 e. The fraction of sp³-hybridized carbons (Fsp3) is 0.600. The summed E-state index contributed by atoms with van der Waals surface area (Å²) in [4.78, 5) is 13.4. The van der Waals surface area contributed by atoms with Crippen LogP contribution in [0.1, 0.15) is 26.2 Å². The molecule has 1 aliphatic heterocycles. The second-order valence-electron chi connectivity index (χ2n) is 5.62. The number of nitrogens with zero attached hydrogens (tertiary/aromatic N) is 2. The second kappa shape index (κ2) is 7.26. The zero-order chi connectivity index (χ0) is 15.2. The molecule has 21 heavy (non-hydrogen) atoms. The lowest BCUT2D eigenvalue weighted by Gasteiger charge is -2.29. The van der Waals surface area contributed by atoms with E-state index >= 15 is 0 Å². The number of para-hydroxylation sites is 1.